The highest BCUT2D eigenvalue weighted by atomic mass is 19.3. The first-order valence-corrected chi connectivity index (χ1v) is 4.79. The predicted molar refractivity (Wildman–Crippen MR) is 49.7 cm³/mol. The molecule has 0 aromatic carbocycles. The van der Waals surface area contributed by atoms with Crippen molar-refractivity contribution in [2.24, 2.45) is 0 Å². The minimum Gasteiger partial charge on any atom is -0.311 e. The second-order valence-corrected chi connectivity index (χ2v) is 2.14. The van der Waals surface area contributed by atoms with Crippen molar-refractivity contribution in [2.45, 2.75) is 46.5 Å². The average molecular weight is 181 g/mol. The Labute approximate surface area is 74.5 Å². The van der Waals surface area contributed by atoms with E-state index < -0.39 is 5.92 Å². The highest BCUT2D eigenvalue weighted by Gasteiger charge is 2.30. The topological polar surface area (TPSA) is 12.0 Å². The zero-order valence-corrected chi connectivity index (χ0v) is 8.58. The van der Waals surface area contributed by atoms with Gasteiger partial charge < -0.3 is 5.32 Å². The molecule has 1 aliphatic heterocycles. The van der Waals surface area contributed by atoms with Crippen molar-refractivity contribution in [3.8, 4) is 0 Å². The third kappa shape index (κ3) is 7.92. The van der Waals surface area contributed by atoms with Gasteiger partial charge in [0.15, 0.2) is 0 Å². The molecule has 1 heterocycles. The third-order valence-corrected chi connectivity index (χ3v) is 1.28. The zero-order valence-electron chi connectivity index (χ0n) is 8.58. The quantitative estimate of drug-likeness (QED) is 0.605. The predicted octanol–water partition coefficient (Wildman–Crippen LogP) is 3.06. The van der Waals surface area contributed by atoms with E-state index in [0.29, 0.717) is 6.42 Å². The Morgan fingerprint density at radius 3 is 1.75 bits per heavy atom. The molecule has 1 fully saturated rings. The first-order valence-electron chi connectivity index (χ1n) is 4.79. The molecule has 0 bridgehead atoms. The molecule has 0 amide bonds. The Bertz CT molecular complexity index is 76.6. The summed E-state index contributed by atoms with van der Waals surface area (Å²) in [5, 5.41) is 2.62. The van der Waals surface area contributed by atoms with Crippen LogP contribution in [0.25, 0.3) is 0 Å². The lowest BCUT2D eigenvalue weighted by molar-refractivity contribution is -0.0208. The van der Waals surface area contributed by atoms with Crippen LogP contribution in [0.4, 0.5) is 8.78 Å². The molecular weight excluding hydrogens is 160 g/mol. The summed E-state index contributed by atoms with van der Waals surface area (Å²) in [6.07, 6.45) is 0.660. The van der Waals surface area contributed by atoms with E-state index >= 15 is 0 Å². The SMILES string of the molecule is CC.CC.FC1(F)CCCNC1. The summed E-state index contributed by atoms with van der Waals surface area (Å²) >= 11 is 0. The minimum absolute atomic E-state index is 0.0556. The van der Waals surface area contributed by atoms with E-state index in [4.69, 9.17) is 0 Å². The Morgan fingerprint density at radius 2 is 1.58 bits per heavy atom. The molecule has 0 aromatic heterocycles. The molecule has 0 aliphatic carbocycles. The average Bonchev–Trinajstić information content (AvgIpc) is 2.11. The Hall–Kier alpha value is -0.180. The Kier molecular flexibility index (Phi) is 10.7. The van der Waals surface area contributed by atoms with Gasteiger partial charge in [-0.3, -0.25) is 0 Å². The van der Waals surface area contributed by atoms with Crippen LogP contribution in [0.5, 0.6) is 0 Å². The van der Waals surface area contributed by atoms with Crippen LogP contribution >= 0.6 is 0 Å². The van der Waals surface area contributed by atoms with Crippen molar-refractivity contribution < 1.29 is 8.78 Å². The highest BCUT2D eigenvalue weighted by molar-refractivity contribution is 4.74. The van der Waals surface area contributed by atoms with Crippen LogP contribution in [-0.2, 0) is 0 Å². The molecule has 12 heavy (non-hydrogen) atoms. The van der Waals surface area contributed by atoms with Crippen LogP contribution in [0, 0.1) is 0 Å². The van der Waals surface area contributed by atoms with E-state index in [1.807, 2.05) is 27.7 Å². The summed E-state index contributed by atoms with van der Waals surface area (Å²) in [6, 6.07) is 0. The molecular formula is C9H21F2N. The van der Waals surface area contributed by atoms with E-state index in [9.17, 15) is 8.78 Å². The van der Waals surface area contributed by atoms with Crippen LogP contribution in [0.2, 0.25) is 0 Å². The summed E-state index contributed by atoms with van der Waals surface area (Å²) in [4.78, 5) is 0. The van der Waals surface area contributed by atoms with E-state index in [2.05, 4.69) is 5.32 Å². The molecule has 76 valence electrons. The molecule has 0 unspecified atom stereocenters. The van der Waals surface area contributed by atoms with Gasteiger partial charge in [0.25, 0.3) is 5.92 Å². The van der Waals surface area contributed by atoms with Gasteiger partial charge in [-0.25, -0.2) is 8.78 Å². The van der Waals surface area contributed by atoms with Crippen LogP contribution in [0.1, 0.15) is 40.5 Å². The summed E-state index contributed by atoms with van der Waals surface area (Å²) in [7, 11) is 0. The second kappa shape index (κ2) is 8.91. The van der Waals surface area contributed by atoms with Gasteiger partial charge in [0, 0.05) is 6.42 Å². The lowest BCUT2D eigenvalue weighted by atomic mass is 10.1. The van der Waals surface area contributed by atoms with Crippen molar-refractivity contribution >= 4 is 0 Å². The van der Waals surface area contributed by atoms with Gasteiger partial charge in [-0.15, -0.1) is 0 Å². The van der Waals surface area contributed by atoms with Gasteiger partial charge in [0.1, 0.15) is 0 Å². The van der Waals surface area contributed by atoms with Gasteiger partial charge in [-0.2, -0.15) is 0 Å². The van der Waals surface area contributed by atoms with Gasteiger partial charge >= 0.3 is 0 Å². The summed E-state index contributed by atoms with van der Waals surface area (Å²) in [6.45, 7) is 8.61. The molecule has 0 spiro atoms. The van der Waals surface area contributed by atoms with Crippen molar-refractivity contribution in [1.82, 2.24) is 5.32 Å². The van der Waals surface area contributed by atoms with E-state index in [0.717, 1.165) is 6.54 Å². The van der Waals surface area contributed by atoms with Crippen LogP contribution < -0.4 is 5.32 Å². The first kappa shape index (κ1) is 14.3. The maximum Gasteiger partial charge on any atom is 0.260 e. The zero-order chi connectivity index (χ0) is 10.0. The van der Waals surface area contributed by atoms with Crippen LogP contribution in [-0.4, -0.2) is 19.0 Å². The monoisotopic (exact) mass is 181 g/mol. The Balaban J connectivity index is 0. The third-order valence-electron chi connectivity index (χ3n) is 1.28. The van der Waals surface area contributed by atoms with Crippen LogP contribution in [0.3, 0.4) is 0 Å². The molecule has 3 heteroatoms. The van der Waals surface area contributed by atoms with E-state index in [1.165, 1.54) is 0 Å². The number of hydrogen-bond donors (Lipinski definition) is 1. The van der Waals surface area contributed by atoms with Gasteiger partial charge in [-0.1, -0.05) is 27.7 Å². The van der Waals surface area contributed by atoms with E-state index in [1.54, 1.807) is 0 Å². The molecule has 0 radical (unpaired) electrons. The molecule has 1 rings (SSSR count). The maximum absolute atomic E-state index is 12.1. The maximum atomic E-state index is 12.1. The smallest absolute Gasteiger partial charge is 0.260 e. The number of hydrogen-bond acceptors (Lipinski definition) is 1. The van der Waals surface area contributed by atoms with Crippen molar-refractivity contribution in [3.63, 3.8) is 0 Å². The molecule has 1 nitrogen and oxygen atoms in total. The number of rotatable bonds is 0. The fraction of sp³-hybridized carbons (Fsp3) is 1.00. The number of nitrogens with one attached hydrogen (secondary N) is 1. The van der Waals surface area contributed by atoms with Crippen LogP contribution in [0.15, 0.2) is 0 Å². The van der Waals surface area contributed by atoms with Crippen molar-refractivity contribution in [2.75, 3.05) is 13.1 Å². The van der Waals surface area contributed by atoms with Gasteiger partial charge in [0.2, 0.25) is 0 Å². The summed E-state index contributed by atoms with van der Waals surface area (Å²) < 4.78 is 24.3. The molecule has 1 saturated heterocycles. The molecule has 1 N–H and O–H groups in total. The lowest BCUT2D eigenvalue weighted by Gasteiger charge is -2.21. The summed E-state index contributed by atoms with van der Waals surface area (Å²) in [5.41, 5.74) is 0. The highest BCUT2D eigenvalue weighted by Crippen LogP contribution is 2.21. The van der Waals surface area contributed by atoms with Gasteiger partial charge in [0.05, 0.1) is 6.54 Å². The minimum atomic E-state index is -2.43. The van der Waals surface area contributed by atoms with E-state index in [-0.39, 0.29) is 13.0 Å². The summed E-state index contributed by atoms with van der Waals surface area (Å²) in [5.74, 6) is -2.43. The number of piperidine rings is 1. The van der Waals surface area contributed by atoms with Crippen molar-refractivity contribution in [3.05, 3.63) is 0 Å². The molecule has 0 atom stereocenters. The fourth-order valence-corrected chi connectivity index (χ4v) is 0.832. The largest absolute Gasteiger partial charge is 0.311 e. The number of alkyl halides is 2. The second-order valence-electron chi connectivity index (χ2n) is 2.14. The Morgan fingerprint density at radius 1 is 1.08 bits per heavy atom. The molecule has 1 aliphatic rings. The lowest BCUT2D eigenvalue weighted by Crippen LogP contribution is -2.38. The molecule has 0 saturated carbocycles. The standard InChI is InChI=1S/C5H9F2N.2C2H6/c6-5(7)2-1-3-8-4-5;2*1-2/h8H,1-4H2;2*1-2H3. The molecule has 0 aromatic rings. The normalized spacial score (nSPS) is 19.5. The number of halogens is 2. The van der Waals surface area contributed by atoms with Gasteiger partial charge in [-0.05, 0) is 13.0 Å². The fourth-order valence-electron chi connectivity index (χ4n) is 0.832. The first-order chi connectivity index (χ1) is 5.71. The van der Waals surface area contributed by atoms with Crippen molar-refractivity contribution in [1.29, 1.82) is 0 Å².